The number of hydrogen-bond donors (Lipinski definition) is 1. The summed E-state index contributed by atoms with van der Waals surface area (Å²) in [4.78, 5) is 2.32. The maximum Gasteiger partial charge on any atom is 0.127 e. The van der Waals surface area contributed by atoms with Gasteiger partial charge in [0.1, 0.15) is 5.82 Å². The Bertz CT molecular complexity index is 379. The Morgan fingerprint density at radius 3 is 2.32 bits per heavy atom. The first-order chi connectivity index (χ1) is 8.95. The summed E-state index contributed by atoms with van der Waals surface area (Å²) in [6.07, 6.45) is 0. The first-order valence-corrected chi connectivity index (χ1v) is 7.06. The molecule has 0 aliphatic carbocycles. The summed E-state index contributed by atoms with van der Waals surface area (Å²) in [5, 5.41) is 3.25. The first kappa shape index (κ1) is 16.1. The van der Waals surface area contributed by atoms with Crippen LogP contribution in [0.1, 0.15) is 32.4 Å². The van der Waals surface area contributed by atoms with Gasteiger partial charge in [0.2, 0.25) is 0 Å². The van der Waals surface area contributed by atoms with Crippen molar-refractivity contribution in [1.29, 1.82) is 0 Å². The molecule has 0 fully saturated rings. The van der Waals surface area contributed by atoms with E-state index in [2.05, 4.69) is 38.0 Å². The normalized spacial score (nSPS) is 14.9. The molecule has 1 aromatic carbocycles. The molecule has 3 heteroatoms. The van der Waals surface area contributed by atoms with E-state index in [0.29, 0.717) is 11.8 Å². The van der Waals surface area contributed by atoms with Crippen molar-refractivity contribution in [2.24, 2.45) is 11.8 Å². The lowest BCUT2D eigenvalue weighted by molar-refractivity contribution is 0.229. The van der Waals surface area contributed by atoms with Gasteiger partial charge in [-0.25, -0.2) is 4.39 Å². The highest BCUT2D eigenvalue weighted by atomic mass is 19.1. The van der Waals surface area contributed by atoms with Gasteiger partial charge in [0.05, 0.1) is 0 Å². The van der Waals surface area contributed by atoms with Crippen molar-refractivity contribution in [2.45, 2.75) is 26.8 Å². The Morgan fingerprint density at radius 1 is 1.16 bits per heavy atom. The molecular formula is C16H27FN2. The topological polar surface area (TPSA) is 15.3 Å². The van der Waals surface area contributed by atoms with Gasteiger partial charge < -0.3 is 10.2 Å². The molecule has 2 atom stereocenters. The summed E-state index contributed by atoms with van der Waals surface area (Å²) in [6.45, 7) is 8.63. The zero-order valence-electron chi connectivity index (χ0n) is 12.8. The van der Waals surface area contributed by atoms with E-state index in [4.69, 9.17) is 0 Å². The van der Waals surface area contributed by atoms with Crippen molar-refractivity contribution in [1.82, 2.24) is 10.2 Å². The molecule has 0 spiro atoms. The lowest BCUT2D eigenvalue weighted by atomic mass is 9.93. The highest BCUT2D eigenvalue weighted by Gasteiger charge is 2.21. The van der Waals surface area contributed by atoms with E-state index < -0.39 is 0 Å². The van der Waals surface area contributed by atoms with Gasteiger partial charge in [0.15, 0.2) is 0 Å². The van der Waals surface area contributed by atoms with Crippen molar-refractivity contribution >= 4 is 0 Å². The van der Waals surface area contributed by atoms with E-state index in [0.717, 1.165) is 18.7 Å². The highest BCUT2D eigenvalue weighted by Crippen LogP contribution is 2.24. The number of nitrogens with one attached hydrogen (secondary N) is 1. The molecule has 108 valence electrons. The van der Waals surface area contributed by atoms with Crippen LogP contribution in [0.25, 0.3) is 0 Å². The van der Waals surface area contributed by atoms with Gasteiger partial charge in [0.25, 0.3) is 0 Å². The van der Waals surface area contributed by atoms with Crippen molar-refractivity contribution in [2.75, 3.05) is 27.2 Å². The second-order valence-corrected chi connectivity index (χ2v) is 5.88. The summed E-state index contributed by atoms with van der Waals surface area (Å²) < 4.78 is 13.9. The van der Waals surface area contributed by atoms with E-state index in [1.165, 1.54) is 6.07 Å². The third-order valence-electron chi connectivity index (χ3n) is 3.40. The monoisotopic (exact) mass is 266 g/mol. The first-order valence-electron chi connectivity index (χ1n) is 7.06. The maximum atomic E-state index is 13.9. The van der Waals surface area contributed by atoms with Gasteiger partial charge in [-0.15, -0.1) is 0 Å². The quantitative estimate of drug-likeness (QED) is 0.814. The lowest BCUT2D eigenvalue weighted by Crippen LogP contribution is -2.34. The van der Waals surface area contributed by atoms with Gasteiger partial charge in [-0.2, -0.15) is 0 Å². The zero-order chi connectivity index (χ0) is 14.4. The van der Waals surface area contributed by atoms with Crippen LogP contribution in [0.5, 0.6) is 0 Å². The number of rotatable bonds is 7. The van der Waals surface area contributed by atoms with Gasteiger partial charge in [0, 0.05) is 24.7 Å². The Balaban J connectivity index is 2.72. The Morgan fingerprint density at radius 2 is 1.79 bits per heavy atom. The van der Waals surface area contributed by atoms with Crippen LogP contribution >= 0.6 is 0 Å². The summed E-state index contributed by atoms with van der Waals surface area (Å²) in [5.74, 6) is 0.879. The Labute approximate surface area is 117 Å². The van der Waals surface area contributed by atoms with Crippen LogP contribution in [0.2, 0.25) is 0 Å². The zero-order valence-corrected chi connectivity index (χ0v) is 12.8. The number of halogens is 1. The van der Waals surface area contributed by atoms with Crippen LogP contribution in [0.15, 0.2) is 24.3 Å². The number of hydrogen-bond acceptors (Lipinski definition) is 2. The molecule has 0 saturated heterocycles. The highest BCUT2D eigenvalue weighted by molar-refractivity contribution is 5.21. The van der Waals surface area contributed by atoms with E-state index in [-0.39, 0.29) is 11.9 Å². The van der Waals surface area contributed by atoms with Gasteiger partial charge in [-0.1, -0.05) is 39.0 Å². The molecule has 0 saturated carbocycles. The van der Waals surface area contributed by atoms with E-state index in [1.807, 2.05) is 19.2 Å². The molecule has 1 rings (SSSR count). The van der Waals surface area contributed by atoms with Crippen LogP contribution in [-0.4, -0.2) is 32.1 Å². The number of nitrogens with zero attached hydrogens (tertiary/aromatic N) is 1. The second-order valence-electron chi connectivity index (χ2n) is 5.88. The molecule has 2 nitrogen and oxygen atoms in total. The predicted molar refractivity (Wildman–Crippen MR) is 79.7 cm³/mol. The van der Waals surface area contributed by atoms with Gasteiger partial charge in [-0.05, 0) is 32.0 Å². The molecule has 2 unspecified atom stereocenters. The molecule has 0 aliphatic rings. The molecule has 1 aromatic rings. The second kappa shape index (κ2) is 7.61. The van der Waals surface area contributed by atoms with Crippen molar-refractivity contribution in [3.63, 3.8) is 0 Å². The minimum Gasteiger partial charge on any atom is -0.313 e. The maximum absolute atomic E-state index is 13.9. The standard InChI is InChI=1S/C16H27FN2/c1-12(2)10-19(5)11-13(3)16(18-4)14-8-6-7-9-15(14)17/h6-9,12-13,16,18H,10-11H2,1-5H3. The Kier molecular flexibility index (Phi) is 6.46. The van der Waals surface area contributed by atoms with Crippen molar-refractivity contribution < 1.29 is 4.39 Å². The molecule has 0 bridgehead atoms. The summed E-state index contributed by atoms with van der Waals surface area (Å²) in [6, 6.07) is 7.09. The minimum atomic E-state index is -0.125. The molecular weight excluding hydrogens is 239 g/mol. The molecule has 0 radical (unpaired) electrons. The summed E-state index contributed by atoms with van der Waals surface area (Å²) in [5.41, 5.74) is 0.760. The molecule has 1 N–H and O–H groups in total. The number of benzene rings is 1. The SMILES string of the molecule is CNC(c1ccccc1F)C(C)CN(C)CC(C)C. The van der Waals surface area contributed by atoms with E-state index in [1.54, 1.807) is 6.07 Å². The minimum absolute atomic E-state index is 0.0517. The fraction of sp³-hybridized carbons (Fsp3) is 0.625. The fourth-order valence-corrected chi connectivity index (χ4v) is 2.77. The lowest BCUT2D eigenvalue weighted by Gasteiger charge is -2.29. The summed E-state index contributed by atoms with van der Waals surface area (Å²) >= 11 is 0. The fourth-order valence-electron chi connectivity index (χ4n) is 2.77. The third-order valence-corrected chi connectivity index (χ3v) is 3.40. The molecule has 0 aromatic heterocycles. The van der Waals surface area contributed by atoms with Gasteiger partial charge in [-0.3, -0.25) is 0 Å². The molecule has 0 heterocycles. The van der Waals surface area contributed by atoms with Crippen molar-refractivity contribution in [3.8, 4) is 0 Å². The average Bonchev–Trinajstić information content (AvgIpc) is 2.31. The van der Waals surface area contributed by atoms with E-state index >= 15 is 0 Å². The van der Waals surface area contributed by atoms with Crippen LogP contribution < -0.4 is 5.32 Å². The average molecular weight is 266 g/mol. The predicted octanol–water partition coefficient (Wildman–Crippen LogP) is 3.31. The largest absolute Gasteiger partial charge is 0.313 e. The van der Waals surface area contributed by atoms with Gasteiger partial charge >= 0.3 is 0 Å². The third kappa shape index (κ3) is 4.92. The smallest absolute Gasteiger partial charge is 0.127 e. The van der Waals surface area contributed by atoms with Crippen LogP contribution in [0.3, 0.4) is 0 Å². The van der Waals surface area contributed by atoms with E-state index in [9.17, 15) is 4.39 Å². The summed E-state index contributed by atoms with van der Waals surface area (Å²) in [7, 11) is 4.03. The van der Waals surface area contributed by atoms with Crippen LogP contribution in [-0.2, 0) is 0 Å². The van der Waals surface area contributed by atoms with Crippen LogP contribution in [0, 0.1) is 17.7 Å². The van der Waals surface area contributed by atoms with Crippen molar-refractivity contribution in [3.05, 3.63) is 35.6 Å². The molecule has 19 heavy (non-hydrogen) atoms. The molecule has 0 aliphatic heterocycles. The van der Waals surface area contributed by atoms with Crippen LogP contribution in [0.4, 0.5) is 4.39 Å². The molecule has 0 amide bonds. The Hall–Kier alpha value is -0.930.